The number of hydrogen-bond acceptors (Lipinski definition) is 5. The molecule has 0 aromatic carbocycles. The van der Waals surface area contributed by atoms with Crippen molar-refractivity contribution in [2.45, 2.75) is 0 Å². The predicted octanol–water partition coefficient (Wildman–Crippen LogP) is -0.483. The highest BCUT2D eigenvalue weighted by molar-refractivity contribution is 5.72. The molecule has 0 bridgehead atoms. The number of aromatic amines is 1. The molecule has 11 heavy (non-hydrogen) atoms. The Morgan fingerprint density at radius 1 is 1.27 bits per heavy atom. The molecule has 0 atom stereocenters. The van der Waals surface area contributed by atoms with Gasteiger partial charge in [0, 0.05) is 0 Å². The SMILES string of the molecule is Nc1ncc2[nH]c(N)nc2n1. The molecule has 2 rings (SSSR count). The number of nitrogen functional groups attached to an aromatic ring is 2. The summed E-state index contributed by atoms with van der Waals surface area (Å²) in [5.41, 5.74) is 11.9. The number of imidazole rings is 1. The van der Waals surface area contributed by atoms with Gasteiger partial charge < -0.3 is 16.5 Å². The van der Waals surface area contributed by atoms with Crippen molar-refractivity contribution in [3.05, 3.63) is 6.20 Å². The summed E-state index contributed by atoms with van der Waals surface area (Å²) in [6.45, 7) is 0. The van der Waals surface area contributed by atoms with Gasteiger partial charge in [-0.2, -0.15) is 9.97 Å². The van der Waals surface area contributed by atoms with Crippen LogP contribution in [0.4, 0.5) is 11.9 Å². The molecule has 2 heterocycles. The van der Waals surface area contributed by atoms with Crippen molar-refractivity contribution in [2.75, 3.05) is 11.5 Å². The zero-order chi connectivity index (χ0) is 7.84. The van der Waals surface area contributed by atoms with E-state index in [0.29, 0.717) is 17.1 Å². The van der Waals surface area contributed by atoms with E-state index in [-0.39, 0.29) is 5.95 Å². The summed E-state index contributed by atoms with van der Waals surface area (Å²) in [7, 11) is 0. The van der Waals surface area contributed by atoms with Crippen molar-refractivity contribution < 1.29 is 0 Å². The standard InChI is InChI=1S/C5H6N6/c6-4-8-1-2-3(10-4)11-5(7)9-2/h1H,(H5,6,7,8,9,10,11). The third-order valence-corrected chi connectivity index (χ3v) is 1.28. The fourth-order valence-electron chi connectivity index (χ4n) is 0.839. The topological polar surface area (TPSA) is 106 Å². The molecule has 0 aliphatic heterocycles. The lowest BCUT2D eigenvalue weighted by molar-refractivity contribution is 1.22. The molecule has 0 aliphatic rings. The van der Waals surface area contributed by atoms with Crippen molar-refractivity contribution in [2.24, 2.45) is 0 Å². The van der Waals surface area contributed by atoms with Crippen LogP contribution in [-0.2, 0) is 0 Å². The minimum atomic E-state index is 0.198. The van der Waals surface area contributed by atoms with Crippen LogP contribution >= 0.6 is 0 Å². The zero-order valence-electron chi connectivity index (χ0n) is 5.57. The molecular weight excluding hydrogens is 144 g/mol. The minimum Gasteiger partial charge on any atom is -0.369 e. The molecule has 6 heteroatoms. The monoisotopic (exact) mass is 150 g/mol. The molecule has 0 fully saturated rings. The Morgan fingerprint density at radius 2 is 2.09 bits per heavy atom. The third kappa shape index (κ3) is 0.841. The van der Waals surface area contributed by atoms with Crippen LogP contribution in [-0.4, -0.2) is 19.9 Å². The summed E-state index contributed by atoms with van der Waals surface area (Å²) < 4.78 is 0. The van der Waals surface area contributed by atoms with Gasteiger partial charge in [0.15, 0.2) is 11.6 Å². The molecule has 0 spiro atoms. The van der Waals surface area contributed by atoms with E-state index in [4.69, 9.17) is 11.5 Å². The lowest BCUT2D eigenvalue weighted by Crippen LogP contribution is -1.93. The molecule has 2 aromatic heterocycles. The zero-order valence-corrected chi connectivity index (χ0v) is 5.57. The van der Waals surface area contributed by atoms with Gasteiger partial charge in [0.25, 0.3) is 0 Å². The van der Waals surface area contributed by atoms with E-state index in [2.05, 4.69) is 19.9 Å². The summed E-state index contributed by atoms with van der Waals surface area (Å²) in [6.07, 6.45) is 1.54. The number of nitrogens with one attached hydrogen (secondary N) is 1. The van der Waals surface area contributed by atoms with Gasteiger partial charge >= 0.3 is 0 Å². The highest BCUT2D eigenvalue weighted by Crippen LogP contribution is 2.08. The van der Waals surface area contributed by atoms with E-state index >= 15 is 0 Å². The Bertz CT molecular complexity index is 391. The fraction of sp³-hybridized carbons (Fsp3) is 0. The van der Waals surface area contributed by atoms with Gasteiger partial charge in [-0.15, -0.1) is 0 Å². The van der Waals surface area contributed by atoms with Crippen molar-refractivity contribution in [1.82, 2.24) is 19.9 Å². The van der Waals surface area contributed by atoms with Gasteiger partial charge in [0.05, 0.1) is 6.20 Å². The number of fused-ring (bicyclic) bond motifs is 1. The van der Waals surface area contributed by atoms with Crippen LogP contribution in [0.5, 0.6) is 0 Å². The van der Waals surface area contributed by atoms with Gasteiger partial charge in [-0.25, -0.2) is 4.98 Å². The van der Waals surface area contributed by atoms with Gasteiger partial charge in [-0.1, -0.05) is 0 Å². The van der Waals surface area contributed by atoms with Crippen LogP contribution in [0.15, 0.2) is 6.20 Å². The van der Waals surface area contributed by atoms with Gasteiger partial charge in [0.2, 0.25) is 5.95 Å². The van der Waals surface area contributed by atoms with Crippen LogP contribution in [0.2, 0.25) is 0 Å². The highest BCUT2D eigenvalue weighted by Gasteiger charge is 2.00. The smallest absolute Gasteiger partial charge is 0.222 e. The van der Waals surface area contributed by atoms with Crippen LogP contribution < -0.4 is 11.5 Å². The number of nitrogens with zero attached hydrogens (tertiary/aromatic N) is 3. The number of rotatable bonds is 0. The normalized spacial score (nSPS) is 10.5. The first-order valence-corrected chi connectivity index (χ1v) is 2.99. The summed E-state index contributed by atoms with van der Waals surface area (Å²) in [6, 6.07) is 0. The Balaban J connectivity index is 2.82. The van der Waals surface area contributed by atoms with E-state index in [1.807, 2.05) is 0 Å². The maximum absolute atomic E-state index is 5.37. The molecule has 0 aliphatic carbocycles. The number of nitrogens with two attached hydrogens (primary N) is 2. The van der Waals surface area contributed by atoms with Crippen LogP contribution in [0.25, 0.3) is 11.2 Å². The molecule has 0 saturated carbocycles. The fourth-order valence-corrected chi connectivity index (χ4v) is 0.839. The van der Waals surface area contributed by atoms with Gasteiger partial charge in [0.1, 0.15) is 5.52 Å². The van der Waals surface area contributed by atoms with Crippen molar-refractivity contribution in [1.29, 1.82) is 0 Å². The largest absolute Gasteiger partial charge is 0.369 e. The number of anilines is 2. The van der Waals surface area contributed by atoms with Crippen molar-refractivity contribution in [3.63, 3.8) is 0 Å². The van der Waals surface area contributed by atoms with Crippen LogP contribution in [0.1, 0.15) is 0 Å². The first-order valence-electron chi connectivity index (χ1n) is 2.99. The Hall–Kier alpha value is -1.85. The van der Waals surface area contributed by atoms with E-state index in [1.165, 1.54) is 0 Å². The number of H-pyrrole nitrogens is 1. The van der Waals surface area contributed by atoms with E-state index in [1.54, 1.807) is 6.20 Å². The summed E-state index contributed by atoms with van der Waals surface area (Å²) in [5.74, 6) is 0.518. The van der Waals surface area contributed by atoms with Gasteiger partial charge in [-0.3, -0.25) is 0 Å². The average Bonchev–Trinajstić information content (AvgIpc) is 2.27. The third-order valence-electron chi connectivity index (χ3n) is 1.28. The molecule has 0 unspecified atom stereocenters. The van der Waals surface area contributed by atoms with Crippen LogP contribution in [0, 0.1) is 0 Å². The summed E-state index contributed by atoms with van der Waals surface area (Å²) in [5, 5.41) is 0. The second-order valence-corrected chi connectivity index (χ2v) is 2.09. The number of hydrogen-bond donors (Lipinski definition) is 3. The minimum absolute atomic E-state index is 0.198. The first kappa shape index (κ1) is 5.90. The Morgan fingerprint density at radius 3 is 2.91 bits per heavy atom. The highest BCUT2D eigenvalue weighted by atomic mass is 15.1. The van der Waals surface area contributed by atoms with Crippen LogP contribution in [0.3, 0.4) is 0 Å². The molecule has 2 aromatic rings. The first-order chi connectivity index (χ1) is 5.25. The molecule has 0 amide bonds. The quantitative estimate of drug-likeness (QED) is 0.470. The molecule has 0 radical (unpaired) electrons. The molecule has 5 N–H and O–H groups in total. The maximum atomic E-state index is 5.37. The molecule has 0 saturated heterocycles. The van der Waals surface area contributed by atoms with E-state index in [9.17, 15) is 0 Å². The summed E-state index contributed by atoms with van der Waals surface area (Å²) >= 11 is 0. The van der Waals surface area contributed by atoms with Crippen molar-refractivity contribution in [3.8, 4) is 0 Å². The van der Waals surface area contributed by atoms with E-state index in [0.717, 1.165) is 0 Å². The maximum Gasteiger partial charge on any atom is 0.222 e. The Labute approximate surface area is 61.7 Å². The summed E-state index contributed by atoms with van der Waals surface area (Å²) in [4.78, 5) is 14.2. The van der Waals surface area contributed by atoms with E-state index < -0.39 is 0 Å². The number of aromatic nitrogens is 4. The molecular formula is C5H6N6. The Kier molecular flexibility index (Phi) is 0.974. The predicted molar refractivity (Wildman–Crippen MR) is 40.5 cm³/mol. The van der Waals surface area contributed by atoms with Gasteiger partial charge in [-0.05, 0) is 0 Å². The lowest BCUT2D eigenvalue weighted by atomic mass is 10.6. The average molecular weight is 150 g/mol. The molecule has 6 nitrogen and oxygen atoms in total. The lowest BCUT2D eigenvalue weighted by Gasteiger charge is -1.87. The second kappa shape index (κ2) is 1.82. The van der Waals surface area contributed by atoms with Crippen molar-refractivity contribution >= 4 is 23.1 Å². The second-order valence-electron chi connectivity index (χ2n) is 2.09. The molecule has 56 valence electrons.